The van der Waals surface area contributed by atoms with E-state index < -0.39 is 5.82 Å². The van der Waals surface area contributed by atoms with Crippen LogP contribution in [0.1, 0.15) is 29.3 Å². The Labute approximate surface area is 139 Å². The molecule has 1 aliphatic heterocycles. The molecule has 0 spiro atoms. The van der Waals surface area contributed by atoms with Crippen molar-refractivity contribution in [1.29, 1.82) is 0 Å². The Morgan fingerprint density at radius 3 is 3.00 bits per heavy atom. The van der Waals surface area contributed by atoms with Crippen LogP contribution in [-0.2, 0) is 4.79 Å². The fraction of sp³-hybridized carbons (Fsp3) is 0.278. The molecular weight excluding hydrogens is 313 g/mol. The summed E-state index contributed by atoms with van der Waals surface area (Å²) in [6.45, 7) is 0.767. The van der Waals surface area contributed by atoms with Crippen LogP contribution in [0.5, 0.6) is 5.75 Å². The van der Waals surface area contributed by atoms with Gasteiger partial charge in [0.15, 0.2) is 11.6 Å². The minimum Gasteiger partial charge on any atom is -0.494 e. The number of halogens is 1. The number of benzene rings is 1. The third-order valence-corrected chi connectivity index (χ3v) is 4.98. The quantitative estimate of drug-likeness (QED) is 0.783. The molecule has 23 heavy (non-hydrogen) atoms. The van der Waals surface area contributed by atoms with Gasteiger partial charge in [-0.1, -0.05) is 12.1 Å². The summed E-state index contributed by atoms with van der Waals surface area (Å²) in [5, 5.41) is 2.03. The van der Waals surface area contributed by atoms with Crippen LogP contribution in [-0.4, -0.2) is 24.5 Å². The van der Waals surface area contributed by atoms with E-state index in [1.165, 1.54) is 24.1 Å². The Morgan fingerprint density at radius 2 is 2.30 bits per heavy atom. The highest BCUT2D eigenvalue weighted by molar-refractivity contribution is 7.10. The number of hydrogen-bond donors (Lipinski definition) is 0. The molecule has 2 aromatic rings. The molecule has 3 nitrogen and oxygen atoms in total. The minimum absolute atomic E-state index is 0.0304. The number of hydrogen-bond acceptors (Lipinski definition) is 3. The highest BCUT2D eigenvalue weighted by Gasteiger charge is 2.29. The average molecular weight is 331 g/mol. The van der Waals surface area contributed by atoms with E-state index in [0.717, 1.165) is 19.4 Å². The van der Waals surface area contributed by atoms with Crippen molar-refractivity contribution in [3.05, 3.63) is 58.0 Å². The van der Waals surface area contributed by atoms with Gasteiger partial charge in [0.1, 0.15) is 0 Å². The van der Waals surface area contributed by atoms with E-state index in [1.807, 2.05) is 16.3 Å². The molecule has 1 unspecified atom stereocenters. The van der Waals surface area contributed by atoms with Crippen molar-refractivity contribution in [3.8, 4) is 5.75 Å². The summed E-state index contributed by atoms with van der Waals surface area (Å²) in [5.41, 5.74) is 0.642. The molecular formula is C18H18FNO2S. The molecule has 0 N–H and O–H groups in total. The Kier molecular flexibility index (Phi) is 4.76. The van der Waals surface area contributed by atoms with Gasteiger partial charge in [0.2, 0.25) is 5.91 Å². The second-order valence-corrected chi connectivity index (χ2v) is 6.41. The van der Waals surface area contributed by atoms with E-state index in [9.17, 15) is 9.18 Å². The van der Waals surface area contributed by atoms with E-state index in [4.69, 9.17) is 4.74 Å². The van der Waals surface area contributed by atoms with Crippen molar-refractivity contribution < 1.29 is 13.9 Å². The number of amides is 1. The summed E-state index contributed by atoms with van der Waals surface area (Å²) >= 11 is 1.68. The first-order valence-electron chi connectivity index (χ1n) is 7.54. The predicted octanol–water partition coefficient (Wildman–Crippen LogP) is 4.27. The first kappa shape index (κ1) is 15.7. The molecule has 1 atom stereocenters. The normalized spacial score (nSPS) is 17.8. The Hall–Kier alpha value is -2.14. The molecule has 0 bridgehead atoms. The van der Waals surface area contributed by atoms with Crippen LogP contribution in [0.15, 0.2) is 41.8 Å². The summed E-state index contributed by atoms with van der Waals surface area (Å²) in [4.78, 5) is 15.6. The molecule has 0 saturated carbocycles. The van der Waals surface area contributed by atoms with Gasteiger partial charge in [0.05, 0.1) is 13.2 Å². The molecule has 1 aromatic heterocycles. The van der Waals surface area contributed by atoms with Crippen molar-refractivity contribution in [3.63, 3.8) is 0 Å². The highest BCUT2D eigenvalue weighted by Crippen LogP contribution is 2.34. The lowest BCUT2D eigenvalue weighted by molar-refractivity contribution is -0.126. The van der Waals surface area contributed by atoms with E-state index in [-0.39, 0.29) is 17.7 Å². The number of ether oxygens (including phenoxy) is 1. The van der Waals surface area contributed by atoms with Gasteiger partial charge in [0, 0.05) is 17.5 Å². The molecule has 120 valence electrons. The van der Waals surface area contributed by atoms with Gasteiger partial charge in [-0.25, -0.2) is 4.39 Å². The van der Waals surface area contributed by atoms with Crippen molar-refractivity contribution in [2.75, 3.05) is 13.7 Å². The van der Waals surface area contributed by atoms with Crippen molar-refractivity contribution >= 4 is 23.3 Å². The molecule has 1 amide bonds. The molecule has 2 heterocycles. The number of likely N-dealkylation sites (tertiary alicyclic amines) is 1. The van der Waals surface area contributed by atoms with Gasteiger partial charge >= 0.3 is 0 Å². The summed E-state index contributed by atoms with van der Waals surface area (Å²) < 4.78 is 18.6. The topological polar surface area (TPSA) is 29.5 Å². The third kappa shape index (κ3) is 3.45. The zero-order chi connectivity index (χ0) is 16.2. The summed E-state index contributed by atoms with van der Waals surface area (Å²) in [6, 6.07) is 8.90. The molecule has 0 radical (unpaired) electrons. The van der Waals surface area contributed by atoms with Crippen LogP contribution in [0.25, 0.3) is 6.08 Å². The lowest BCUT2D eigenvalue weighted by Crippen LogP contribution is -2.28. The predicted molar refractivity (Wildman–Crippen MR) is 90.0 cm³/mol. The van der Waals surface area contributed by atoms with Gasteiger partial charge in [-0.3, -0.25) is 4.79 Å². The number of rotatable bonds is 4. The second-order valence-electron chi connectivity index (χ2n) is 5.43. The fourth-order valence-corrected chi connectivity index (χ4v) is 3.73. The lowest BCUT2D eigenvalue weighted by Gasteiger charge is -2.22. The lowest BCUT2D eigenvalue weighted by atomic mass is 10.1. The van der Waals surface area contributed by atoms with Crippen LogP contribution < -0.4 is 4.74 Å². The van der Waals surface area contributed by atoms with E-state index in [1.54, 1.807) is 29.5 Å². The largest absolute Gasteiger partial charge is 0.494 e. The molecule has 3 rings (SSSR count). The van der Waals surface area contributed by atoms with Crippen LogP contribution in [0.4, 0.5) is 4.39 Å². The van der Waals surface area contributed by atoms with Crippen LogP contribution in [0.2, 0.25) is 0 Å². The first-order chi connectivity index (χ1) is 11.2. The van der Waals surface area contributed by atoms with E-state index in [0.29, 0.717) is 5.56 Å². The third-order valence-electron chi connectivity index (χ3n) is 4.00. The Balaban J connectivity index is 1.72. The van der Waals surface area contributed by atoms with Crippen LogP contribution in [0, 0.1) is 5.82 Å². The summed E-state index contributed by atoms with van der Waals surface area (Å²) in [7, 11) is 1.43. The van der Waals surface area contributed by atoms with Crippen molar-refractivity contribution in [2.45, 2.75) is 18.9 Å². The molecule has 1 saturated heterocycles. The standard InChI is InChI=1S/C18H18FNO2S/c1-22-16-8-6-13(12-14(16)19)7-9-18(21)20-10-2-4-15(20)17-5-3-11-23-17/h3,5-9,11-12,15H,2,4,10H2,1H3/b9-7+. The zero-order valence-corrected chi connectivity index (χ0v) is 13.7. The number of carbonyl (C=O) groups is 1. The monoisotopic (exact) mass is 331 g/mol. The fourth-order valence-electron chi connectivity index (χ4n) is 2.86. The summed E-state index contributed by atoms with van der Waals surface area (Å²) in [5.74, 6) is -0.261. The molecule has 0 aliphatic carbocycles. The number of thiophene rings is 1. The van der Waals surface area contributed by atoms with Gasteiger partial charge in [-0.15, -0.1) is 11.3 Å². The summed E-state index contributed by atoms with van der Waals surface area (Å²) in [6.07, 6.45) is 5.18. The molecule has 1 aromatic carbocycles. The van der Waals surface area contributed by atoms with Gasteiger partial charge in [0.25, 0.3) is 0 Å². The van der Waals surface area contributed by atoms with Crippen LogP contribution in [0.3, 0.4) is 0 Å². The molecule has 1 fully saturated rings. The van der Waals surface area contributed by atoms with Gasteiger partial charge in [-0.2, -0.15) is 0 Å². The smallest absolute Gasteiger partial charge is 0.247 e. The SMILES string of the molecule is COc1ccc(/C=C/C(=O)N2CCCC2c2cccs2)cc1F. The van der Waals surface area contributed by atoms with Gasteiger partial charge < -0.3 is 9.64 Å². The van der Waals surface area contributed by atoms with Crippen LogP contribution >= 0.6 is 11.3 Å². The zero-order valence-electron chi connectivity index (χ0n) is 12.9. The Morgan fingerprint density at radius 1 is 1.43 bits per heavy atom. The molecule has 1 aliphatic rings. The minimum atomic E-state index is -0.431. The maximum atomic E-state index is 13.7. The maximum absolute atomic E-state index is 13.7. The Bertz CT molecular complexity index is 712. The molecule has 5 heteroatoms. The van der Waals surface area contributed by atoms with E-state index >= 15 is 0 Å². The average Bonchev–Trinajstić information content (AvgIpc) is 3.23. The van der Waals surface area contributed by atoms with Crippen molar-refractivity contribution in [2.24, 2.45) is 0 Å². The van der Waals surface area contributed by atoms with Crippen molar-refractivity contribution in [1.82, 2.24) is 4.90 Å². The number of nitrogens with zero attached hydrogens (tertiary/aromatic N) is 1. The van der Waals surface area contributed by atoms with E-state index in [2.05, 4.69) is 6.07 Å². The first-order valence-corrected chi connectivity index (χ1v) is 8.42. The second kappa shape index (κ2) is 6.96. The highest BCUT2D eigenvalue weighted by atomic mass is 32.1. The number of carbonyl (C=O) groups excluding carboxylic acids is 1. The number of methoxy groups -OCH3 is 1. The van der Waals surface area contributed by atoms with Gasteiger partial charge in [-0.05, 0) is 48.1 Å². The maximum Gasteiger partial charge on any atom is 0.247 e.